The van der Waals surface area contributed by atoms with Crippen LogP contribution in [0.4, 0.5) is 0 Å². The molecule has 40 valence electrons. The summed E-state index contributed by atoms with van der Waals surface area (Å²) in [4.78, 5) is 8.74. The summed E-state index contributed by atoms with van der Waals surface area (Å²) in [6, 6.07) is 0. The highest BCUT2D eigenvalue weighted by Crippen LogP contribution is 2.09. The molecule has 0 aromatic rings. The van der Waals surface area contributed by atoms with Gasteiger partial charge >= 0.3 is 0 Å². The van der Waals surface area contributed by atoms with Crippen LogP contribution in [0.1, 0.15) is 0 Å². The van der Waals surface area contributed by atoms with Gasteiger partial charge in [-0.05, 0) is 22.6 Å². The fourth-order valence-electron chi connectivity index (χ4n) is 0.239. The highest BCUT2D eigenvalue weighted by atomic mass is 127. The Kier molecular flexibility index (Phi) is 2.10. The first-order chi connectivity index (χ1) is 3.29. The van der Waals surface area contributed by atoms with Crippen molar-refractivity contribution in [3.8, 4) is 0 Å². The van der Waals surface area contributed by atoms with E-state index < -0.39 is 0 Å². The molecule has 1 unspecified atom stereocenters. The molecular weight excluding hydrogens is 322 g/mol. The Balaban J connectivity index is 2.50. The summed E-state index contributed by atoms with van der Waals surface area (Å²) in [5, 5.41) is 0. The molecule has 0 aliphatic carbocycles. The Morgan fingerprint density at radius 3 is 2.71 bits per heavy atom. The molecule has 0 amide bonds. The summed E-state index contributed by atoms with van der Waals surface area (Å²) >= 11 is 4.13. The van der Waals surface area contributed by atoms with Gasteiger partial charge in [-0.1, -0.05) is 0 Å². The highest BCUT2D eigenvalue weighted by molar-refractivity contribution is 14.1. The molecule has 0 fully saturated rings. The van der Waals surface area contributed by atoms with Crippen molar-refractivity contribution >= 4 is 49.0 Å². The van der Waals surface area contributed by atoms with E-state index in [0.29, 0.717) is 0 Å². The number of alkyl halides is 1. The van der Waals surface area contributed by atoms with Gasteiger partial charge in [0.1, 0.15) is 0 Å². The zero-order valence-corrected chi connectivity index (χ0v) is 7.50. The Morgan fingerprint density at radius 1 is 1.86 bits per heavy atom. The van der Waals surface area contributed by atoms with Gasteiger partial charge in [0.2, 0.25) is 4.23 Å². The van der Waals surface area contributed by atoms with Gasteiger partial charge in [-0.3, -0.25) is 0 Å². The lowest BCUT2D eigenvalue weighted by molar-refractivity contribution is 0.104. The number of nitrogens with zero attached hydrogens (tertiary/aromatic N) is 1. The smallest absolute Gasteiger partial charge is 0.227 e. The van der Waals surface area contributed by atoms with E-state index in [1.54, 1.807) is 0 Å². The van der Waals surface area contributed by atoms with Crippen LogP contribution in [0.25, 0.3) is 0 Å². The SMILES string of the molecule is IC1=NC(I)ON1. The average molecular weight is 324 g/mol. The molecule has 3 nitrogen and oxygen atoms in total. The van der Waals surface area contributed by atoms with Crippen LogP contribution < -0.4 is 5.48 Å². The normalized spacial score (nSPS) is 29.4. The third-order valence-electron chi connectivity index (χ3n) is 0.455. The van der Waals surface area contributed by atoms with E-state index in [2.05, 4.69) is 55.7 Å². The van der Waals surface area contributed by atoms with Gasteiger partial charge in [-0.25, -0.2) is 15.3 Å². The van der Waals surface area contributed by atoms with Gasteiger partial charge in [-0.2, -0.15) is 0 Å². The predicted molar refractivity (Wildman–Crippen MR) is 43.5 cm³/mol. The van der Waals surface area contributed by atoms with Gasteiger partial charge in [0.05, 0.1) is 0 Å². The standard InChI is InChI=1S/C2H2I2N2O/c3-1-5-2(4)7-6-1/h2H,(H,5,6). The molecule has 1 N–H and O–H groups in total. The molecule has 0 spiro atoms. The van der Waals surface area contributed by atoms with Crippen LogP contribution in [-0.2, 0) is 4.84 Å². The van der Waals surface area contributed by atoms with E-state index in [-0.39, 0.29) is 4.23 Å². The quantitative estimate of drug-likeness (QED) is 0.410. The molecule has 0 aromatic carbocycles. The Bertz CT molecular complexity index is 104. The van der Waals surface area contributed by atoms with Crippen LogP contribution in [0.15, 0.2) is 4.99 Å². The van der Waals surface area contributed by atoms with E-state index in [1.165, 1.54) is 0 Å². The number of rotatable bonds is 0. The van der Waals surface area contributed by atoms with Crippen molar-refractivity contribution in [3.63, 3.8) is 0 Å². The van der Waals surface area contributed by atoms with Crippen LogP contribution in [0, 0.1) is 0 Å². The second-order valence-corrected chi connectivity index (χ2v) is 3.02. The van der Waals surface area contributed by atoms with Gasteiger partial charge in [0.25, 0.3) is 0 Å². The van der Waals surface area contributed by atoms with Crippen molar-refractivity contribution < 1.29 is 4.84 Å². The molecule has 1 aliphatic heterocycles. The van der Waals surface area contributed by atoms with E-state index in [1.807, 2.05) is 0 Å². The van der Waals surface area contributed by atoms with E-state index in [9.17, 15) is 0 Å². The Morgan fingerprint density at radius 2 is 2.57 bits per heavy atom. The van der Waals surface area contributed by atoms with Crippen molar-refractivity contribution in [3.05, 3.63) is 0 Å². The topological polar surface area (TPSA) is 33.6 Å². The van der Waals surface area contributed by atoms with Crippen molar-refractivity contribution in [2.24, 2.45) is 4.99 Å². The van der Waals surface area contributed by atoms with Crippen LogP contribution >= 0.6 is 45.2 Å². The number of amidine groups is 1. The maximum Gasteiger partial charge on any atom is 0.227 e. The molecule has 5 heteroatoms. The first-order valence-electron chi connectivity index (χ1n) is 1.58. The van der Waals surface area contributed by atoms with Gasteiger partial charge in [0, 0.05) is 22.6 Å². The van der Waals surface area contributed by atoms with E-state index in [4.69, 9.17) is 4.84 Å². The lowest BCUT2D eigenvalue weighted by atomic mass is 11.2. The molecular formula is C2H2I2N2O. The van der Waals surface area contributed by atoms with Crippen LogP contribution in [0.3, 0.4) is 0 Å². The van der Waals surface area contributed by atoms with Gasteiger partial charge in [0.15, 0.2) is 3.84 Å². The monoisotopic (exact) mass is 324 g/mol. The maximum atomic E-state index is 4.79. The first-order valence-corrected chi connectivity index (χ1v) is 3.90. The molecule has 0 saturated heterocycles. The first kappa shape index (κ1) is 6.02. The summed E-state index contributed by atoms with van der Waals surface area (Å²) in [6.07, 6.45) is 0. The van der Waals surface area contributed by atoms with Crippen molar-refractivity contribution in [2.45, 2.75) is 4.23 Å². The third-order valence-corrected chi connectivity index (χ3v) is 1.49. The minimum atomic E-state index is -0.0375. The average Bonchev–Trinajstić information content (AvgIpc) is 1.87. The van der Waals surface area contributed by atoms with Crippen molar-refractivity contribution in [1.82, 2.24) is 5.48 Å². The molecule has 1 rings (SSSR count). The van der Waals surface area contributed by atoms with E-state index >= 15 is 0 Å². The fraction of sp³-hybridized carbons (Fsp3) is 0.500. The molecule has 0 saturated carbocycles. The van der Waals surface area contributed by atoms with Gasteiger partial charge < -0.3 is 0 Å². The number of nitrogens with one attached hydrogen (secondary N) is 1. The minimum Gasteiger partial charge on any atom is -0.241 e. The minimum absolute atomic E-state index is 0.0375. The summed E-state index contributed by atoms with van der Waals surface area (Å²) in [5.41, 5.74) is 2.60. The Labute approximate surface area is 68.1 Å². The summed E-state index contributed by atoms with van der Waals surface area (Å²) in [6.45, 7) is 0. The molecule has 1 heterocycles. The second kappa shape index (κ2) is 2.44. The Hall–Kier alpha value is 0.890. The lowest BCUT2D eigenvalue weighted by Crippen LogP contribution is -2.10. The summed E-state index contributed by atoms with van der Waals surface area (Å²) < 4.78 is 0.779. The van der Waals surface area contributed by atoms with Gasteiger partial charge in [-0.15, -0.1) is 0 Å². The number of hydroxylamine groups is 1. The molecule has 1 aliphatic rings. The number of hydrogen-bond acceptors (Lipinski definition) is 3. The molecule has 1 atom stereocenters. The van der Waals surface area contributed by atoms with Crippen LogP contribution in [-0.4, -0.2) is 8.08 Å². The summed E-state index contributed by atoms with van der Waals surface area (Å²) in [7, 11) is 0. The largest absolute Gasteiger partial charge is 0.241 e. The highest BCUT2D eigenvalue weighted by Gasteiger charge is 2.09. The third kappa shape index (κ3) is 1.68. The van der Waals surface area contributed by atoms with E-state index in [0.717, 1.165) is 3.84 Å². The number of halogens is 2. The maximum absolute atomic E-state index is 4.79. The van der Waals surface area contributed by atoms with Crippen LogP contribution in [0.5, 0.6) is 0 Å². The number of hydrogen-bond donors (Lipinski definition) is 1. The fourth-order valence-corrected chi connectivity index (χ4v) is 1.56. The zero-order chi connectivity index (χ0) is 5.28. The summed E-state index contributed by atoms with van der Waals surface area (Å²) in [5.74, 6) is 0. The zero-order valence-electron chi connectivity index (χ0n) is 3.19. The van der Waals surface area contributed by atoms with Crippen molar-refractivity contribution in [1.29, 1.82) is 0 Å². The molecule has 0 radical (unpaired) electrons. The lowest BCUT2D eigenvalue weighted by Gasteiger charge is -1.90. The second-order valence-electron chi connectivity index (χ2n) is 0.932. The molecule has 0 bridgehead atoms. The predicted octanol–water partition coefficient (Wildman–Crippen LogP) is 1.03. The molecule has 7 heavy (non-hydrogen) atoms. The van der Waals surface area contributed by atoms with Crippen molar-refractivity contribution in [2.75, 3.05) is 0 Å². The number of aliphatic imine (C=N–C) groups is 1. The van der Waals surface area contributed by atoms with Crippen LogP contribution in [0.2, 0.25) is 0 Å². The molecule has 0 aromatic heterocycles.